The van der Waals surface area contributed by atoms with Gasteiger partial charge in [0.15, 0.2) is 0 Å². The van der Waals surface area contributed by atoms with Gasteiger partial charge in [0, 0.05) is 19.3 Å². The molecule has 0 aromatic heterocycles. The molecule has 0 N–H and O–H groups in total. The number of nitrogens with zero attached hydrogens (tertiary/aromatic N) is 1. The summed E-state index contributed by atoms with van der Waals surface area (Å²) < 4.78 is 21.1. The first-order valence-corrected chi connectivity index (χ1v) is 15.6. The van der Waals surface area contributed by atoms with E-state index in [1.807, 2.05) is 0 Å². The first-order valence-electron chi connectivity index (χ1n) is 15.6. The second-order valence-electron chi connectivity index (χ2n) is 11.0. The molecule has 1 aliphatic rings. The Balaban J connectivity index is 2.49. The Morgan fingerprint density at radius 1 is 0.707 bits per heavy atom. The van der Waals surface area contributed by atoms with Gasteiger partial charge in [-0.1, -0.05) is 78.1 Å². The van der Waals surface area contributed by atoms with E-state index in [-0.39, 0.29) is 50.7 Å². The predicted molar refractivity (Wildman–Crippen MR) is 154 cm³/mol. The van der Waals surface area contributed by atoms with Crippen LogP contribution < -0.4 is 0 Å². The molecular weight excluding hydrogens is 530 g/mol. The highest BCUT2D eigenvalue weighted by atomic mass is 16.5. The lowest BCUT2D eigenvalue weighted by atomic mass is 9.95. The summed E-state index contributed by atoms with van der Waals surface area (Å²) >= 11 is 0. The molecule has 0 aromatic carbocycles. The fraction of sp³-hybridized carbons (Fsp3) is 0.839. The quantitative estimate of drug-likeness (QED) is 0.0610. The van der Waals surface area contributed by atoms with Crippen molar-refractivity contribution in [2.45, 2.75) is 136 Å². The highest BCUT2D eigenvalue weighted by Gasteiger charge is 2.39. The van der Waals surface area contributed by atoms with Crippen LogP contribution in [0.3, 0.4) is 0 Å². The van der Waals surface area contributed by atoms with Crippen LogP contribution in [0.15, 0.2) is 0 Å². The van der Waals surface area contributed by atoms with Gasteiger partial charge in [0.25, 0.3) is 0 Å². The molecule has 3 unspecified atom stereocenters. The Morgan fingerprint density at radius 3 is 1.83 bits per heavy atom. The van der Waals surface area contributed by atoms with Crippen molar-refractivity contribution in [2.24, 2.45) is 5.92 Å². The number of likely N-dealkylation sites (tertiary alicyclic amines) is 1. The Kier molecular flexibility index (Phi) is 20.4. The summed E-state index contributed by atoms with van der Waals surface area (Å²) in [6.45, 7) is 5.99. The lowest BCUT2D eigenvalue weighted by Crippen LogP contribution is -2.59. The molecule has 10 heteroatoms. The monoisotopic (exact) mass is 583 g/mol. The minimum Gasteiger partial charge on any atom is -0.466 e. The SMILES string of the molecule is CCCCCCCCOC(=O)CC(COC(=O)CCCCCCCC)CC(=O)OCC1CC(COC(C)=O)N1C=O. The molecule has 41 heavy (non-hydrogen) atoms. The van der Waals surface area contributed by atoms with Crippen LogP contribution in [0.5, 0.6) is 0 Å². The predicted octanol–water partition coefficient (Wildman–Crippen LogP) is 5.29. The second kappa shape index (κ2) is 23.0. The molecule has 0 radical (unpaired) electrons. The molecule has 1 fully saturated rings. The Hall–Kier alpha value is -2.65. The molecule has 0 spiro atoms. The molecule has 236 valence electrons. The summed E-state index contributed by atoms with van der Waals surface area (Å²) in [6, 6.07) is -0.534. The number of hydrogen-bond acceptors (Lipinski definition) is 9. The first kappa shape index (κ1) is 36.4. The number of amides is 1. The number of rotatable bonds is 25. The van der Waals surface area contributed by atoms with Gasteiger partial charge in [0.2, 0.25) is 6.41 Å². The fourth-order valence-electron chi connectivity index (χ4n) is 4.78. The van der Waals surface area contributed by atoms with Gasteiger partial charge in [0.05, 0.1) is 38.1 Å². The van der Waals surface area contributed by atoms with E-state index in [1.54, 1.807) is 0 Å². The molecule has 1 amide bonds. The van der Waals surface area contributed by atoms with E-state index < -0.39 is 23.8 Å². The third kappa shape index (κ3) is 17.7. The van der Waals surface area contributed by atoms with Crippen molar-refractivity contribution >= 4 is 30.3 Å². The Labute approximate surface area is 246 Å². The van der Waals surface area contributed by atoms with Gasteiger partial charge < -0.3 is 23.8 Å². The van der Waals surface area contributed by atoms with Gasteiger partial charge >= 0.3 is 23.9 Å². The summed E-state index contributed by atoms with van der Waals surface area (Å²) in [4.78, 5) is 61.2. The zero-order chi connectivity index (χ0) is 30.3. The van der Waals surface area contributed by atoms with Crippen molar-refractivity contribution in [3.63, 3.8) is 0 Å². The highest BCUT2D eigenvalue weighted by molar-refractivity contribution is 5.74. The number of ether oxygens (including phenoxy) is 4. The summed E-state index contributed by atoms with van der Waals surface area (Å²) in [5.74, 6) is -2.29. The Morgan fingerprint density at radius 2 is 1.24 bits per heavy atom. The van der Waals surface area contributed by atoms with Crippen molar-refractivity contribution in [1.82, 2.24) is 4.90 Å². The number of carbonyl (C=O) groups is 5. The molecule has 3 atom stereocenters. The topological polar surface area (TPSA) is 126 Å². The molecule has 1 heterocycles. The summed E-state index contributed by atoms with van der Waals surface area (Å²) in [7, 11) is 0. The average Bonchev–Trinajstić information content (AvgIpc) is 2.92. The van der Waals surface area contributed by atoms with Gasteiger partial charge in [0.1, 0.15) is 13.2 Å². The third-order valence-corrected chi connectivity index (χ3v) is 7.31. The summed E-state index contributed by atoms with van der Waals surface area (Å²) in [6.07, 6.45) is 14.1. The number of esters is 4. The van der Waals surface area contributed by atoms with E-state index in [0.29, 0.717) is 25.9 Å². The third-order valence-electron chi connectivity index (χ3n) is 7.31. The van der Waals surface area contributed by atoms with Crippen molar-refractivity contribution in [3.8, 4) is 0 Å². The van der Waals surface area contributed by atoms with Crippen LogP contribution in [-0.2, 0) is 42.9 Å². The molecule has 1 rings (SSSR count). The van der Waals surface area contributed by atoms with E-state index in [0.717, 1.165) is 44.9 Å². The van der Waals surface area contributed by atoms with Crippen LogP contribution in [0.2, 0.25) is 0 Å². The molecule has 1 saturated heterocycles. The highest BCUT2D eigenvalue weighted by Crippen LogP contribution is 2.25. The maximum Gasteiger partial charge on any atom is 0.306 e. The molecule has 0 aromatic rings. The first-order chi connectivity index (χ1) is 19.8. The van der Waals surface area contributed by atoms with Gasteiger partial charge in [-0.25, -0.2) is 0 Å². The summed E-state index contributed by atoms with van der Waals surface area (Å²) in [5, 5.41) is 0. The molecule has 1 aliphatic heterocycles. The van der Waals surface area contributed by atoms with Crippen molar-refractivity contribution in [2.75, 3.05) is 26.4 Å². The molecule has 0 bridgehead atoms. The molecule has 0 saturated carbocycles. The maximum absolute atomic E-state index is 12.6. The van der Waals surface area contributed by atoms with Crippen LogP contribution >= 0.6 is 0 Å². The van der Waals surface area contributed by atoms with Gasteiger partial charge in [-0.05, 0) is 19.3 Å². The zero-order valence-corrected chi connectivity index (χ0v) is 25.6. The van der Waals surface area contributed by atoms with E-state index in [1.165, 1.54) is 43.9 Å². The average molecular weight is 584 g/mol. The molecule has 0 aliphatic carbocycles. The van der Waals surface area contributed by atoms with Crippen molar-refractivity contribution < 1.29 is 42.9 Å². The number of unbranched alkanes of at least 4 members (excludes halogenated alkanes) is 10. The normalized spacial score (nSPS) is 16.8. The largest absolute Gasteiger partial charge is 0.466 e. The second-order valence-corrected chi connectivity index (χ2v) is 11.0. The van der Waals surface area contributed by atoms with Crippen LogP contribution in [0.25, 0.3) is 0 Å². The molecule has 10 nitrogen and oxygen atoms in total. The van der Waals surface area contributed by atoms with Crippen molar-refractivity contribution in [3.05, 3.63) is 0 Å². The van der Waals surface area contributed by atoms with Crippen LogP contribution in [-0.4, -0.2) is 73.7 Å². The van der Waals surface area contributed by atoms with Gasteiger partial charge in [-0.15, -0.1) is 0 Å². The van der Waals surface area contributed by atoms with Crippen molar-refractivity contribution in [1.29, 1.82) is 0 Å². The van der Waals surface area contributed by atoms with Crippen LogP contribution in [0.4, 0.5) is 0 Å². The van der Waals surface area contributed by atoms with E-state index >= 15 is 0 Å². The standard InChI is InChI=1S/C31H53NO9/c1-4-6-8-10-12-14-16-29(35)40-21-26(18-30(36)38-17-15-13-11-9-7-5-2)19-31(37)41-23-28-20-27(32(28)24-33)22-39-25(3)34/h24,26-28H,4-23H2,1-3H3. The maximum atomic E-state index is 12.6. The molecular formula is C31H53NO9. The zero-order valence-electron chi connectivity index (χ0n) is 25.6. The van der Waals surface area contributed by atoms with E-state index in [4.69, 9.17) is 18.9 Å². The van der Waals surface area contributed by atoms with E-state index in [9.17, 15) is 24.0 Å². The van der Waals surface area contributed by atoms with Crippen LogP contribution in [0, 0.1) is 5.92 Å². The van der Waals surface area contributed by atoms with E-state index in [2.05, 4.69) is 13.8 Å². The smallest absolute Gasteiger partial charge is 0.306 e. The summed E-state index contributed by atoms with van der Waals surface area (Å²) in [5.41, 5.74) is 0. The fourth-order valence-corrected chi connectivity index (χ4v) is 4.78. The minimum atomic E-state index is -0.562. The lowest BCUT2D eigenvalue weighted by molar-refractivity contribution is -0.159. The lowest BCUT2D eigenvalue weighted by Gasteiger charge is -2.45. The van der Waals surface area contributed by atoms with Gasteiger partial charge in [-0.2, -0.15) is 0 Å². The Bertz CT molecular complexity index is 773. The minimum absolute atomic E-state index is 0.00115. The van der Waals surface area contributed by atoms with Crippen LogP contribution in [0.1, 0.15) is 124 Å². The van der Waals surface area contributed by atoms with Gasteiger partial charge in [-0.3, -0.25) is 24.0 Å². The number of hydrogen-bond donors (Lipinski definition) is 0. The number of carbonyl (C=O) groups excluding carboxylic acids is 5.